The van der Waals surface area contributed by atoms with Crippen molar-refractivity contribution in [3.8, 4) is 11.8 Å². The summed E-state index contributed by atoms with van der Waals surface area (Å²) < 4.78 is 19.5. The van der Waals surface area contributed by atoms with Gasteiger partial charge in [0.15, 0.2) is 0 Å². The van der Waals surface area contributed by atoms with E-state index >= 15 is 0 Å². The van der Waals surface area contributed by atoms with Crippen molar-refractivity contribution in [3.05, 3.63) is 94.0 Å². The van der Waals surface area contributed by atoms with E-state index in [1.165, 1.54) is 6.07 Å². The number of hydrogen-bond donors (Lipinski definition) is 1. The molecule has 0 saturated heterocycles. The van der Waals surface area contributed by atoms with Gasteiger partial charge < -0.3 is 9.72 Å². The van der Waals surface area contributed by atoms with Crippen molar-refractivity contribution in [2.24, 2.45) is 0 Å². The third-order valence-electron chi connectivity index (χ3n) is 4.65. The number of hydrogen-bond acceptors (Lipinski definition) is 3. The van der Waals surface area contributed by atoms with E-state index in [4.69, 9.17) is 16.3 Å². The normalized spacial score (nSPS) is 11.5. The number of imidazole rings is 1. The van der Waals surface area contributed by atoms with Gasteiger partial charge in [-0.15, -0.1) is 0 Å². The molecule has 0 aliphatic heterocycles. The summed E-state index contributed by atoms with van der Waals surface area (Å²) in [5.74, 6) is 0.693. The number of ether oxygens (including phenoxy) is 1. The molecule has 0 saturated carbocycles. The van der Waals surface area contributed by atoms with Crippen LogP contribution in [0.5, 0.6) is 5.75 Å². The average Bonchev–Trinajstić information content (AvgIpc) is 3.15. The molecule has 148 valence electrons. The molecule has 0 aliphatic carbocycles. The predicted molar refractivity (Wildman–Crippen MR) is 116 cm³/mol. The van der Waals surface area contributed by atoms with Gasteiger partial charge in [0.2, 0.25) is 0 Å². The van der Waals surface area contributed by atoms with Crippen molar-refractivity contribution in [3.63, 3.8) is 0 Å². The first-order valence-corrected chi connectivity index (χ1v) is 9.65. The topological polar surface area (TPSA) is 61.7 Å². The third kappa shape index (κ3) is 4.19. The third-order valence-corrected chi connectivity index (χ3v) is 5.00. The van der Waals surface area contributed by atoms with Gasteiger partial charge in [-0.2, -0.15) is 5.26 Å². The summed E-state index contributed by atoms with van der Waals surface area (Å²) in [6, 6.07) is 19.8. The summed E-state index contributed by atoms with van der Waals surface area (Å²) >= 11 is 6.02. The van der Waals surface area contributed by atoms with Gasteiger partial charge in [0, 0.05) is 5.56 Å². The number of nitrogens with one attached hydrogen (secondary N) is 1. The second-order valence-electron chi connectivity index (χ2n) is 6.83. The summed E-state index contributed by atoms with van der Waals surface area (Å²) in [5, 5.41) is 9.91. The van der Waals surface area contributed by atoms with Crippen LogP contribution in [-0.4, -0.2) is 9.97 Å². The fraction of sp³-hybridized carbons (Fsp3) is 0.0833. The molecule has 0 aliphatic rings. The van der Waals surface area contributed by atoms with Crippen LogP contribution in [0.15, 0.2) is 60.7 Å². The first kappa shape index (κ1) is 19.7. The second-order valence-corrected chi connectivity index (χ2v) is 7.24. The minimum atomic E-state index is -0.401. The van der Waals surface area contributed by atoms with Crippen LogP contribution in [0.2, 0.25) is 5.02 Å². The van der Waals surface area contributed by atoms with Crippen molar-refractivity contribution in [1.29, 1.82) is 5.26 Å². The molecule has 0 spiro atoms. The zero-order valence-electron chi connectivity index (χ0n) is 16.1. The number of rotatable bonds is 5. The largest absolute Gasteiger partial charge is 0.489 e. The Kier molecular flexibility index (Phi) is 5.51. The highest BCUT2D eigenvalue weighted by molar-refractivity contribution is 6.31. The van der Waals surface area contributed by atoms with Crippen LogP contribution in [0.4, 0.5) is 4.39 Å². The summed E-state index contributed by atoms with van der Waals surface area (Å²) in [4.78, 5) is 7.69. The fourth-order valence-corrected chi connectivity index (χ4v) is 3.27. The molecule has 1 aromatic heterocycles. The Balaban J connectivity index is 1.52. The summed E-state index contributed by atoms with van der Waals surface area (Å²) in [7, 11) is 0. The van der Waals surface area contributed by atoms with Gasteiger partial charge in [0.25, 0.3) is 0 Å². The highest BCUT2D eigenvalue weighted by atomic mass is 35.5. The van der Waals surface area contributed by atoms with Crippen LogP contribution in [0.25, 0.3) is 22.7 Å². The molecule has 0 amide bonds. The van der Waals surface area contributed by atoms with Gasteiger partial charge in [-0.05, 0) is 60.5 Å². The lowest BCUT2D eigenvalue weighted by molar-refractivity contribution is 0.300. The number of nitriles is 1. The SMILES string of the molecule is Cc1ccc2nc(C(C#N)=Cc3ccc(OCc4c(F)cccc4Cl)cc3)[nH]c2c1. The molecule has 0 atom stereocenters. The molecule has 0 bridgehead atoms. The Hall–Kier alpha value is -3.62. The number of fused-ring (bicyclic) bond motifs is 1. The lowest BCUT2D eigenvalue weighted by Gasteiger charge is -2.09. The Labute approximate surface area is 178 Å². The zero-order valence-corrected chi connectivity index (χ0v) is 16.9. The zero-order chi connectivity index (χ0) is 21.1. The van der Waals surface area contributed by atoms with Crippen molar-refractivity contribution >= 4 is 34.3 Å². The van der Waals surface area contributed by atoms with E-state index in [1.807, 2.05) is 37.3 Å². The number of benzene rings is 3. The maximum atomic E-state index is 13.8. The lowest BCUT2D eigenvalue weighted by Crippen LogP contribution is -1.99. The van der Waals surface area contributed by atoms with E-state index in [1.54, 1.807) is 30.3 Å². The monoisotopic (exact) mass is 417 g/mol. The molecule has 6 heteroatoms. The molecule has 0 radical (unpaired) electrons. The summed E-state index contributed by atoms with van der Waals surface area (Å²) in [5.41, 5.74) is 4.38. The average molecular weight is 418 g/mol. The number of aryl methyl sites for hydroxylation is 1. The van der Waals surface area contributed by atoms with Crippen molar-refractivity contribution in [2.75, 3.05) is 0 Å². The Morgan fingerprint density at radius 3 is 2.73 bits per heavy atom. The van der Waals surface area contributed by atoms with Crippen LogP contribution in [-0.2, 0) is 6.61 Å². The van der Waals surface area contributed by atoms with E-state index < -0.39 is 5.82 Å². The van der Waals surface area contributed by atoms with Crippen molar-refractivity contribution in [1.82, 2.24) is 9.97 Å². The maximum absolute atomic E-state index is 13.8. The number of allylic oxidation sites excluding steroid dienone is 1. The minimum absolute atomic E-state index is 0.0303. The van der Waals surface area contributed by atoms with E-state index in [2.05, 4.69) is 16.0 Å². The second kappa shape index (κ2) is 8.40. The van der Waals surface area contributed by atoms with E-state index in [9.17, 15) is 9.65 Å². The summed E-state index contributed by atoms with van der Waals surface area (Å²) in [6.07, 6.45) is 1.75. The van der Waals surface area contributed by atoms with Gasteiger partial charge >= 0.3 is 0 Å². The van der Waals surface area contributed by atoms with Gasteiger partial charge in [-0.25, -0.2) is 9.37 Å². The smallest absolute Gasteiger partial charge is 0.149 e. The maximum Gasteiger partial charge on any atom is 0.149 e. The first-order valence-electron chi connectivity index (χ1n) is 9.28. The Bertz CT molecular complexity index is 1270. The lowest BCUT2D eigenvalue weighted by atomic mass is 10.1. The van der Waals surface area contributed by atoms with E-state index in [0.29, 0.717) is 27.7 Å². The van der Waals surface area contributed by atoms with Gasteiger partial charge in [-0.3, -0.25) is 0 Å². The van der Waals surface area contributed by atoms with Crippen LogP contribution in [0.3, 0.4) is 0 Å². The molecule has 4 nitrogen and oxygen atoms in total. The van der Waals surface area contributed by atoms with Crippen molar-refractivity contribution < 1.29 is 9.13 Å². The molecule has 0 fully saturated rings. The molecular formula is C24H17ClFN3O. The highest BCUT2D eigenvalue weighted by Gasteiger charge is 2.09. The van der Waals surface area contributed by atoms with Crippen LogP contribution in [0.1, 0.15) is 22.5 Å². The van der Waals surface area contributed by atoms with Crippen molar-refractivity contribution in [2.45, 2.75) is 13.5 Å². The van der Waals surface area contributed by atoms with E-state index in [-0.39, 0.29) is 6.61 Å². The van der Waals surface area contributed by atoms with Crippen LogP contribution < -0.4 is 4.74 Å². The number of aromatic amines is 1. The molecular weight excluding hydrogens is 401 g/mol. The standard InChI is InChI=1S/C24H17ClFN3O/c1-15-5-10-22-23(11-15)29-24(28-22)17(13-27)12-16-6-8-18(9-7-16)30-14-19-20(25)3-2-4-21(19)26/h2-12H,14H2,1H3,(H,28,29). The van der Waals surface area contributed by atoms with Gasteiger partial charge in [-0.1, -0.05) is 35.9 Å². The predicted octanol–water partition coefficient (Wildman–Crippen LogP) is 6.31. The fourth-order valence-electron chi connectivity index (χ4n) is 3.06. The first-order chi connectivity index (χ1) is 14.5. The van der Waals surface area contributed by atoms with Crippen LogP contribution >= 0.6 is 11.6 Å². The highest BCUT2D eigenvalue weighted by Crippen LogP contribution is 2.23. The van der Waals surface area contributed by atoms with Gasteiger partial charge in [0.05, 0.1) is 21.6 Å². The molecule has 4 aromatic rings. The number of nitrogens with zero attached hydrogens (tertiary/aromatic N) is 2. The molecule has 30 heavy (non-hydrogen) atoms. The quantitative estimate of drug-likeness (QED) is 0.387. The van der Waals surface area contributed by atoms with E-state index in [0.717, 1.165) is 22.2 Å². The van der Waals surface area contributed by atoms with Crippen LogP contribution in [0, 0.1) is 24.1 Å². The molecule has 1 N–H and O–H groups in total. The number of H-pyrrole nitrogens is 1. The molecule has 1 heterocycles. The number of halogens is 2. The number of aromatic nitrogens is 2. The minimum Gasteiger partial charge on any atom is -0.489 e. The molecule has 0 unspecified atom stereocenters. The molecule has 4 rings (SSSR count). The molecule has 3 aromatic carbocycles. The van der Waals surface area contributed by atoms with Gasteiger partial charge in [0.1, 0.15) is 30.1 Å². The Morgan fingerprint density at radius 2 is 2.00 bits per heavy atom. The Morgan fingerprint density at radius 1 is 1.20 bits per heavy atom. The summed E-state index contributed by atoms with van der Waals surface area (Å²) in [6.45, 7) is 2.04.